The van der Waals surface area contributed by atoms with Gasteiger partial charge in [-0.1, -0.05) is 0 Å². The first-order chi connectivity index (χ1) is 8.18. The normalized spacial score (nSPS) is 15.1. The number of carbonyl (C=O) groups excluding carboxylic acids is 2. The van der Waals surface area contributed by atoms with Crippen LogP contribution in [0.1, 0.15) is 20.3 Å². The van der Waals surface area contributed by atoms with Gasteiger partial charge in [0.1, 0.15) is 6.04 Å². The van der Waals surface area contributed by atoms with Gasteiger partial charge >= 0.3 is 18.0 Å². The highest BCUT2D eigenvalue weighted by atomic mass is 16.5. The van der Waals surface area contributed by atoms with Gasteiger partial charge in [-0.25, -0.2) is 9.59 Å². The van der Waals surface area contributed by atoms with Crippen molar-refractivity contribution in [3.8, 4) is 0 Å². The van der Waals surface area contributed by atoms with Gasteiger partial charge in [-0.2, -0.15) is 0 Å². The first-order valence-corrected chi connectivity index (χ1v) is 5.24. The van der Waals surface area contributed by atoms with Crippen LogP contribution < -0.4 is 10.6 Å². The van der Waals surface area contributed by atoms with Crippen molar-refractivity contribution in [3.63, 3.8) is 0 Å². The highest BCUT2D eigenvalue weighted by molar-refractivity contribution is 5.83. The van der Waals surface area contributed by atoms with Gasteiger partial charge in [-0.05, 0) is 13.8 Å². The highest BCUT2D eigenvalue weighted by Crippen LogP contribution is 2.07. The summed E-state index contributed by atoms with van der Waals surface area (Å²) >= 11 is 0. The molecule has 0 aliphatic carbocycles. The third-order valence-corrected chi connectivity index (χ3v) is 2.06. The third-order valence-electron chi connectivity index (χ3n) is 2.06. The SMILES string of the molecule is COC(=O)C(C)NC(=O)NCC(C)(O)CC(=O)O. The minimum atomic E-state index is -1.56. The Morgan fingerprint density at radius 1 is 1.39 bits per heavy atom. The maximum atomic E-state index is 11.3. The number of methoxy groups -OCH3 is 1. The monoisotopic (exact) mass is 262 g/mol. The lowest BCUT2D eigenvalue weighted by Gasteiger charge is -2.22. The van der Waals surface area contributed by atoms with Crippen LogP contribution in [0.15, 0.2) is 0 Å². The molecule has 0 fully saturated rings. The Balaban J connectivity index is 4.11. The molecule has 18 heavy (non-hydrogen) atoms. The summed E-state index contributed by atoms with van der Waals surface area (Å²) < 4.78 is 4.40. The Hall–Kier alpha value is -1.83. The van der Waals surface area contributed by atoms with Crippen molar-refractivity contribution < 1.29 is 29.3 Å². The molecule has 2 unspecified atom stereocenters. The Morgan fingerprint density at radius 3 is 2.39 bits per heavy atom. The smallest absolute Gasteiger partial charge is 0.328 e. The summed E-state index contributed by atoms with van der Waals surface area (Å²) in [6, 6.07) is -1.53. The predicted octanol–water partition coefficient (Wildman–Crippen LogP) is -0.927. The molecule has 0 rings (SSSR count). The lowest BCUT2D eigenvalue weighted by Crippen LogP contribution is -2.49. The van der Waals surface area contributed by atoms with E-state index in [1.165, 1.54) is 21.0 Å². The predicted molar refractivity (Wildman–Crippen MR) is 60.9 cm³/mol. The average molecular weight is 262 g/mol. The average Bonchev–Trinajstić information content (AvgIpc) is 2.23. The summed E-state index contributed by atoms with van der Waals surface area (Å²) in [5.41, 5.74) is -1.56. The van der Waals surface area contributed by atoms with Gasteiger partial charge in [0.2, 0.25) is 0 Å². The zero-order chi connectivity index (χ0) is 14.3. The fraction of sp³-hybridized carbons (Fsp3) is 0.700. The van der Waals surface area contributed by atoms with Crippen LogP contribution in [-0.4, -0.2) is 53.5 Å². The van der Waals surface area contributed by atoms with Crippen LogP contribution in [0.4, 0.5) is 4.79 Å². The highest BCUT2D eigenvalue weighted by Gasteiger charge is 2.25. The molecule has 4 N–H and O–H groups in total. The molecule has 0 saturated carbocycles. The van der Waals surface area contributed by atoms with Gasteiger partial charge in [0.15, 0.2) is 0 Å². The van der Waals surface area contributed by atoms with Gasteiger partial charge < -0.3 is 25.6 Å². The summed E-state index contributed by atoms with van der Waals surface area (Å²) in [6.45, 7) is 2.46. The quantitative estimate of drug-likeness (QED) is 0.458. The van der Waals surface area contributed by atoms with Gasteiger partial charge in [0.25, 0.3) is 0 Å². The topological polar surface area (TPSA) is 125 Å². The summed E-state index contributed by atoms with van der Waals surface area (Å²) in [7, 11) is 1.19. The number of carboxylic acid groups (broad SMARTS) is 1. The fourth-order valence-electron chi connectivity index (χ4n) is 1.14. The Labute approximate surface area is 104 Å². The molecule has 0 aromatic heterocycles. The molecule has 8 nitrogen and oxygen atoms in total. The molecule has 104 valence electrons. The number of rotatable bonds is 6. The molecular weight excluding hydrogens is 244 g/mol. The van der Waals surface area contributed by atoms with Crippen LogP contribution in [0.25, 0.3) is 0 Å². The van der Waals surface area contributed by atoms with E-state index in [0.717, 1.165) is 0 Å². The number of aliphatic carboxylic acids is 1. The number of esters is 1. The first kappa shape index (κ1) is 16.2. The molecule has 0 aliphatic rings. The summed E-state index contributed by atoms with van der Waals surface area (Å²) in [5, 5.41) is 22.7. The lowest BCUT2D eigenvalue weighted by atomic mass is 10.0. The molecule has 0 aromatic rings. The van der Waals surface area contributed by atoms with Crippen molar-refractivity contribution in [2.75, 3.05) is 13.7 Å². The van der Waals surface area contributed by atoms with Crippen molar-refractivity contribution in [3.05, 3.63) is 0 Å². The first-order valence-electron chi connectivity index (χ1n) is 5.24. The van der Waals surface area contributed by atoms with Crippen LogP contribution in [0.3, 0.4) is 0 Å². The summed E-state index contributed by atoms with van der Waals surface area (Å²) in [4.78, 5) is 32.7. The standard InChI is InChI=1S/C10H18N2O6/c1-6(8(15)18-3)12-9(16)11-5-10(2,17)4-7(13)14/h6,17H,4-5H2,1-3H3,(H,13,14)(H2,11,12,16). The number of ether oxygens (including phenoxy) is 1. The van der Waals surface area contributed by atoms with E-state index in [2.05, 4.69) is 15.4 Å². The second-order valence-electron chi connectivity index (χ2n) is 4.14. The molecule has 2 amide bonds. The number of carbonyl (C=O) groups is 3. The van der Waals surface area contributed by atoms with Crippen molar-refractivity contribution in [2.45, 2.75) is 31.9 Å². The van der Waals surface area contributed by atoms with Gasteiger partial charge in [0, 0.05) is 6.54 Å². The minimum Gasteiger partial charge on any atom is -0.481 e. The van der Waals surface area contributed by atoms with E-state index in [4.69, 9.17) is 5.11 Å². The van der Waals surface area contributed by atoms with Crippen LogP contribution in [-0.2, 0) is 14.3 Å². The summed E-state index contributed by atoms with van der Waals surface area (Å²) in [6.07, 6.45) is -0.500. The molecule has 2 atom stereocenters. The lowest BCUT2D eigenvalue weighted by molar-refractivity contribution is -0.142. The molecule has 0 saturated heterocycles. The molecule has 0 aliphatic heterocycles. The Bertz CT molecular complexity index is 328. The molecule has 8 heteroatoms. The van der Waals surface area contributed by atoms with E-state index in [9.17, 15) is 19.5 Å². The molecule has 0 radical (unpaired) electrons. The van der Waals surface area contributed by atoms with Gasteiger partial charge in [-0.15, -0.1) is 0 Å². The van der Waals surface area contributed by atoms with E-state index < -0.39 is 36.0 Å². The number of carboxylic acids is 1. The maximum absolute atomic E-state index is 11.3. The van der Waals surface area contributed by atoms with Crippen molar-refractivity contribution in [2.24, 2.45) is 0 Å². The van der Waals surface area contributed by atoms with Crippen LogP contribution in [0.2, 0.25) is 0 Å². The largest absolute Gasteiger partial charge is 0.481 e. The molecule has 0 heterocycles. The fourth-order valence-corrected chi connectivity index (χ4v) is 1.14. The molecule has 0 spiro atoms. The third kappa shape index (κ3) is 6.69. The van der Waals surface area contributed by atoms with Crippen LogP contribution in [0.5, 0.6) is 0 Å². The number of amides is 2. The number of aliphatic hydroxyl groups is 1. The second kappa shape index (κ2) is 6.80. The zero-order valence-electron chi connectivity index (χ0n) is 10.5. The van der Waals surface area contributed by atoms with Crippen molar-refractivity contribution >= 4 is 18.0 Å². The van der Waals surface area contributed by atoms with Crippen molar-refractivity contribution in [1.82, 2.24) is 10.6 Å². The number of urea groups is 1. The molecule has 0 aromatic carbocycles. The van der Waals surface area contributed by atoms with E-state index in [1.54, 1.807) is 0 Å². The van der Waals surface area contributed by atoms with E-state index in [1.807, 2.05) is 0 Å². The summed E-state index contributed by atoms with van der Waals surface area (Å²) in [5.74, 6) is -1.78. The minimum absolute atomic E-state index is 0.251. The molecular formula is C10H18N2O6. The maximum Gasteiger partial charge on any atom is 0.328 e. The van der Waals surface area contributed by atoms with Crippen molar-refractivity contribution in [1.29, 1.82) is 0 Å². The number of nitrogens with one attached hydrogen (secondary N) is 2. The van der Waals surface area contributed by atoms with E-state index in [0.29, 0.717) is 0 Å². The Morgan fingerprint density at radius 2 is 1.94 bits per heavy atom. The second-order valence-corrected chi connectivity index (χ2v) is 4.14. The number of hydrogen-bond acceptors (Lipinski definition) is 5. The van der Waals surface area contributed by atoms with Crippen LogP contribution >= 0.6 is 0 Å². The van der Waals surface area contributed by atoms with E-state index in [-0.39, 0.29) is 6.54 Å². The van der Waals surface area contributed by atoms with Crippen LogP contribution in [0, 0.1) is 0 Å². The van der Waals surface area contributed by atoms with Gasteiger partial charge in [0.05, 0.1) is 19.1 Å². The molecule has 0 bridgehead atoms. The van der Waals surface area contributed by atoms with E-state index >= 15 is 0 Å². The Kier molecular flexibility index (Phi) is 6.11. The number of hydrogen-bond donors (Lipinski definition) is 4. The van der Waals surface area contributed by atoms with Gasteiger partial charge in [-0.3, -0.25) is 4.79 Å². The zero-order valence-corrected chi connectivity index (χ0v) is 10.5.